The number of likely N-dealkylation sites (tertiary alicyclic amines) is 1. The van der Waals surface area contributed by atoms with Crippen molar-refractivity contribution in [2.24, 2.45) is 0 Å². The minimum absolute atomic E-state index is 0.298. The molecule has 0 N–H and O–H groups in total. The minimum atomic E-state index is 0.298. The zero-order valence-corrected chi connectivity index (χ0v) is 14.7. The molecular formula is C18H34ClNO. The van der Waals surface area contributed by atoms with Crippen molar-refractivity contribution in [3.8, 4) is 0 Å². The van der Waals surface area contributed by atoms with E-state index < -0.39 is 0 Å². The molecule has 0 aromatic carbocycles. The maximum atomic E-state index is 12.2. The van der Waals surface area contributed by atoms with Gasteiger partial charge >= 0.3 is 0 Å². The van der Waals surface area contributed by atoms with E-state index in [0.29, 0.717) is 17.8 Å². The van der Waals surface area contributed by atoms with Gasteiger partial charge in [0.1, 0.15) is 0 Å². The number of hydrogen-bond acceptors (Lipinski definition) is 1. The summed E-state index contributed by atoms with van der Waals surface area (Å²) in [6.45, 7) is 3.18. The van der Waals surface area contributed by atoms with Gasteiger partial charge in [0.15, 0.2) is 0 Å². The third kappa shape index (κ3) is 8.09. The molecule has 0 bridgehead atoms. The van der Waals surface area contributed by atoms with Crippen molar-refractivity contribution in [3.63, 3.8) is 0 Å². The summed E-state index contributed by atoms with van der Waals surface area (Å²) in [5, 5.41) is 0. The van der Waals surface area contributed by atoms with Gasteiger partial charge in [-0.15, -0.1) is 11.6 Å². The van der Waals surface area contributed by atoms with Crippen molar-refractivity contribution in [3.05, 3.63) is 0 Å². The van der Waals surface area contributed by atoms with E-state index in [4.69, 9.17) is 11.6 Å². The molecule has 1 heterocycles. The second-order valence-electron chi connectivity index (χ2n) is 6.47. The van der Waals surface area contributed by atoms with Crippen LogP contribution >= 0.6 is 11.6 Å². The van der Waals surface area contributed by atoms with Crippen LogP contribution in [0.15, 0.2) is 0 Å². The molecule has 1 atom stereocenters. The van der Waals surface area contributed by atoms with Crippen LogP contribution in [0.3, 0.4) is 0 Å². The first kappa shape index (κ1) is 18.8. The highest BCUT2D eigenvalue weighted by Gasteiger charge is 2.25. The Morgan fingerprint density at radius 1 is 1.00 bits per heavy atom. The molecule has 1 aliphatic rings. The molecule has 1 aliphatic heterocycles. The van der Waals surface area contributed by atoms with E-state index in [9.17, 15) is 4.79 Å². The Balaban J connectivity index is 2.00. The molecule has 2 nitrogen and oxygen atoms in total. The van der Waals surface area contributed by atoms with Crippen LogP contribution in [-0.4, -0.2) is 29.3 Å². The fourth-order valence-electron chi connectivity index (χ4n) is 3.22. The van der Waals surface area contributed by atoms with E-state index in [1.165, 1.54) is 57.8 Å². The van der Waals surface area contributed by atoms with Crippen molar-refractivity contribution < 1.29 is 4.79 Å². The number of unbranched alkanes of at least 4 members (excludes halogenated alkanes) is 8. The number of halogens is 1. The molecule has 1 rings (SSSR count). The normalized spacial score (nSPS) is 19.0. The fourth-order valence-corrected chi connectivity index (χ4v) is 3.54. The summed E-state index contributed by atoms with van der Waals surface area (Å²) in [6.07, 6.45) is 15.9. The van der Waals surface area contributed by atoms with Crippen molar-refractivity contribution in [2.75, 3.05) is 12.4 Å². The second-order valence-corrected chi connectivity index (χ2v) is 6.78. The van der Waals surface area contributed by atoms with Crippen LogP contribution in [0.25, 0.3) is 0 Å². The molecule has 0 aromatic rings. The summed E-state index contributed by atoms with van der Waals surface area (Å²) in [7, 11) is 0. The van der Waals surface area contributed by atoms with Crippen LogP contribution in [0.5, 0.6) is 0 Å². The molecule has 1 fully saturated rings. The van der Waals surface area contributed by atoms with E-state index >= 15 is 0 Å². The van der Waals surface area contributed by atoms with Gasteiger partial charge in [0.2, 0.25) is 5.91 Å². The first-order valence-corrected chi connectivity index (χ1v) is 9.68. The lowest BCUT2D eigenvalue weighted by atomic mass is 10.0. The molecular weight excluding hydrogens is 282 g/mol. The predicted octanol–water partition coefficient (Wildman–Crippen LogP) is 5.53. The monoisotopic (exact) mass is 315 g/mol. The lowest BCUT2D eigenvalue weighted by Crippen LogP contribution is -2.44. The highest BCUT2D eigenvalue weighted by molar-refractivity contribution is 6.18. The summed E-state index contributed by atoms with van der Waals surface area (Å²) < 4.78 is 0. The van der Waals surface area contributed by atoms with E-state index in [-0.39, 0.29) is 0 Å². The number of amides is 1. The maximum Gasteiger partial charge on any atom is 0.222 e. The quantitative estimate of drug-likeness (QED) is 0.363. The van der Waals surface area contributed by atoms with E-state index in [1.54, 1.807) is 0 Å². The molecule has 1 saturated heterocycles. The van der Waals surface area contributed by atoms with Crippen molar-refractivity contribution >= 4 is 17.5 Å². The Labute approximate surface area is 136 Å². The third-order valence-corrected chi connectivity index (χ3v) is 4.98. The van der Waals surface area contributed by atoms with E-state index in [2.05, 4.69) is 6.92 Å². The highest BCUT2D eigenvalue weighted by Crippen LogP contribution is 2.20. The highest BCUT2D eigenvalue weighted by atomic mass is 35.5. The molecule has 3 heteroatoms. The smallest absolute Gasteiger partial charge is 0.222 e. The molecule has 0 aliphatic carbocycles. The maximum absolute atomic E-state index is 12.2. The predicted molar refractivity (Wildman–Crippen MR) is 91.9 cm³/mol. The number of alkyl halides is 1. The van der Waals surface area contributed by atoms with Crippen LogP contribution in [0, 0.1) is 0 Å². The molecule has 21 heavy (non-hydrogen) atoms. The summed E-state index contributed by atoms with van der Waals surface area (Å²) in [5.41, 5.74) is 0. The Morgan fingerprint density at radius 2 is 1.62 bits per heavy atom. The average molecular weight is 316 g/mol. The second kappa shape index (κ2) is 12.3. The molecule has 0 radical (unpaired) electrons. The van der Waals surface area contributed by atoms with Crippen molar-refractivity contribution in [1.29, 1.82) is 0 Å². The van der Waals surface area contributed by atoms with Gasteiger partial charge in [-0.2, -0.15) is 0 Å². The van der Waals surface area contributed by atoms with Crippen LogP contribution in [0.4, 0.5) is 0 Å². The van der Waals surface area contributed by atoms with E-state index in [1.807, 2.05) is 4.90 Å². The Morgan fingerprint density at radius 3 is 2.24 bits per heavy atom. The van der Waals surface area contributed by atoms with Gasteiger partial charge in [-0.1, -0.05) is 58.3 Å². The van der Waals surface area contributed by atoms with E-state index in [0.717, 1.165) is 32.2 Å². The van der Waals surface area contributed by atoms with Crippen LogP contribution in [0.2, 0.25) is 0 Å². The van der Waals surface area contributed by atoms with Crippen molar-refractivity contribution in [2.45, 2.75) is 96.4 Å². The van der Waals surface area contributed by atoms with Crippen LogP contribution in [0.1, 0.15) is 90.4 Å². The van der Waals surface area contributed by atoms with Gasteiger partial charge in [0.05, 0.1) is 0 Å². The topological polar surface area (TPSA) is 20.3 Å². The first-order valence-electron chi connectivity index (χ1n) is 9.15. The van der Waals surface area contributed by atoms with Gasteiger partial charge < -0.3 is 4.90 Å². The first-order chi connectivity index (χ1) is 10.3. The van der Waals surface area contributed by atoms with Gasteiger partial charge in [-0.25, -0.2) is 0 Å². The van der Waals surface area contributed by atoms with Crippen LogP contribution < -0.4 is 0 Å². The summed E-state index contributed by atoms with van der Waals surface area (Å²) in [4.78, 5) is 14.3. The van der Waals surface area contributed by atoms with Gasteiger partial charge in [0.25, 0.3) is 0 Å². The number of carbonyl (C=O) groups excluding carboxylic acids is 1. The summed E-state index contributed by atoms with van der Waals surface area (Å²) >= 11 is 5.98. The van der Waals surface area contributed by atoms with Gasteiger partial charge in [0, 0.05) is 24.9 Å². The zero-order valence-electron chi connectivity index (χ0n) is 13.9. The van der Waals surface area contributed by atoms with Crippen LogP contribution in [-0.2, 0) is 4.79 Å². The SMILES string of the molecule is CCCCCCCCCCCC(=O)N1CCCCC1CCl. The van der Waals surface area contributed by atoms with Crippen molar-refractivity contribution in [1.82, 2.24) is 4.90 Å². The average Bonchev–Trinajstić information content (AvgIpc) is 2.53. The Hall–Kier alpha value is -0.240. The number of hydrogen-bond donors (Lipinski definition) is 0. The fraction of sp³-hybridized carbons (Fsp3) is 0.944. The molecule has 1 amide bonds. The summed E-state index contributed by atoms with van der Waals surface area (Å²) in [6, 6.07) is 0.298. The number of carbonyl (C=O) groups is 1. The van der Waals surface area contributed by atoms with Gasteiger partial charge in [-0.3, -0.25) is 4.79 Å². The Kier molecular flexibility index (Phi) is 11.0. The molecule has 0 aromatic heterocycles. The van der Waals surface area contributed by atoms with Gasteiger partial charge in [-0.05, 0) is 25.7 Å². The lowest BCUT2D eigenvalue weighted by Gasteiger charge is -2.34. The minimum Gasteiger partial charge on any atom is -0.339 e. The molecule has 0 saturated carbocycles. The summed E-state index contributed by atoms with van der Waals surface area (Å²) in [5.74, 6) is 0.937. The number of nitrogens with zero attached hydrogens (tertiary/aromatic N) is 1. The lowest BCUT2D eigenvalue weighted by molar-refractivity contribution is -0.134. The Bertz CT molecular complexity index is 270. The standard InChI is InChI=1S/C18H34ClNO/c1-2-3-4-5-6-7-8-9-10-14-18(21)20-15-12-11-13-17(20)16-19/h17H,2-16H2,1H3. The zero-order chi connectivity index (χ0) is 15.3. The molecule has 1 unspecified atom stereocenters. The largest absolute Gasteiger partial charge is 0.339 e. The molecule has 124 valence electrons. The third-order valence-electron chi connectivity index (χ3n) is 4.62. The number of piperidine rings is 1. The molecule has 0 spiro atoms. The number of rotatable bonds is 11.